The van der Waals surface area contributed by atoms with Crippen LogP contribution >= 0.6 is 11.8 Å². The summed E-state index contributed by atoms with van der Waals surface area (Å²) in [5, 5.41) is 6.53. The Hall–Kier alpha value is -1.04. The Bertz CT molecular complexity index is 359. The molecular formula is C10H16N4OS. The van der Waals surface area contributed by atoms with Crippen molar-refractivity contribution in [3.63, 3.8) is 0 Å². The summed E-state index contributed by atoms with van der Waals surface area (Å²) in [7, 11) is 1.81. The third-order valence-corrected chi connectivity index (χ3v) is 4.38. The second kappa shape index (κ2) is 4.45. The molecule has 1 unspecified atom stereocenters. The molecule has 16 heavy (non-hydrogen) atoms. The molecule has 1 aromatic rings. The van der Waals surface area contributed by atoms with Crippen molar-refractivity contribution < 1.29 is 4.79 Å². The van der Waals surface area contributed by atoms with Gasteiger partial charge < -0.3 is 4.90 Å². The van der Waals surface area contributed by atoms with Crippen LogP contribution in [0.2, 0.25) is 0 Å². The van der Waals surface area contributed by atoms with E-state index in [1.54, 1.807) is 16.7 Å². The highest BCUT2D eigenvalue weighted by molar-refractivity contribution is 8.01. The highest BCUT2D eigenvalue weighted by atomic mass is 32.2. The standard InChI is InChI=1S/C10H16N4OS/c1-10(4-3-5-16-10)9(15)14(2)6-8-11-7-12-13-8/h7H,3-6H2,1-2H3,(H,11,12,13). The van der Waals surface area contributed by atoms with Crippen LogP contribution in [0.5, 0.6) is 0 Å². The van der Waals surface area contributed by atoms with E-state index in [2.05, 4.69) is 15.2 Å². The molecule has 1 aromatic heterocycles. The normalized spacial score (nSPS) is 24.6. The summed E-state index contributed by atoms with van der Waals surface area (Å²) in [5.74, 6) is 1.99. The molecule has 6 heteroatoms. The molecular weight excluding hydrogens is 224 g/mol. The number of carbonyl (C=O) groups excluding carboxylic acids is 1. The van der Waals surface area contributed by atoms with Gasteiger partial charge in [-0.05, 0) is 25.5 Å². The maximum Gasteiger partial charge on any atom is 0.238 e. The lowest BCUT2D eigenvalue weighted by atomic mass is 10.0. The van der Waals surface area contributed by atoms with Crippen molar-refractivity contribution in [2.45, 2.75) is 31.1 Å². The average Bonchev–Trinajstić information content (AvgIpc) is 2.89. The van der Waals surface area contributed by atoms with Gasteiger partial charge in [-0.1, -0.05) is 0 Å². The topological polar surface area (TPSA) is 61.9 Å². The summed E-state index contributed by atoms with van der Waals surface area (Å²) in [5.41, 5.74) is 0. The van der Waals surface area contributed by atoms with Gasteiger partial charge in [0.2, 0.25) is 5.91 Å². The number of rotatable bonds is 3. The number of nitrogens with one attached hydrogen (secondary N) is 1. The van der Waals surface area contributed by atoms with Gasteiger partial charge in [0.25, 0.3) is 0 Å². The molecule has 0 bridgehead atoms. The molecule has 1 saturated heterocycles. The van der Waals surface area contributed by atoms with Gasteiger partial charge in [0.15, 0.2) is 0 Å². The third kappa shape index (κ3) is 2.21. The number of thioether (sulfide) groups is 1. The Labute approximate surface area is 99.0 Å². The molecule has 88 valence electrons. The highest BCUT2D eigenvalue weighted by Gasteiger charge is 2.39. The van der Waals surface area contributed by atoms with E-state index in [9.17, 15) is 4.79 Å². The van der Waals surface area contributed by atoms with Gasteiger partial charge in [-0.25, -0.2) is 4.98 Å². The van der Waals surface area contributed by atoms with Crippen LogP contribution in [-0.2, 0) is 11.3 Å². The number of aromatic nitrogens is 3. The van der Waals surface area contributed by atoms with Crippen molar-refractivity contribution in [1.29, 1.82) is 0 Å². The number of H-pyrrole nitrogens is 1. The van der Waals surface area contributed by atoms with E-state index in [1.807, 2.05) is 14.0 Å². The average molecular weight is 240 g/mol. The van der Waals surface area contributed by atoms with E-state index in [0.717, 1.165) is 24.4 Å². The van der Waals surface area contributed by atoms with E-state index < -0.39 is 0 Å². The second-order valence-corrected chi connectivity index (χ2v) is 5.87. The Morgan fingerprint density at radius 1 is 1.75 bits per heavy atom. The van der Waals surface area contributed by atoms with Crippen molar-refractivity contribution >= 4 is 17.7 Å². The van der Waals surface area contributed by atoms with Crippen LogP contribution in [0.15, 0.2) is 6.33 Å². The first-order valence-electron chi connectivity index (χ1n) is 5.35. The third-order valence-electron chi connectivity index (χ3n) is 2.87. The SMILES string of the molecule is CN(Cc1ncn[nH]1)C(=O)C1(C)CCCS1. The van der Waals surface area contributed by atoms with Crippen LogP contribution in [0.1, 0.15) is 25.6 Å². The molecule has 0 aromatic carbocycles. The molecule has 1 atom stereocenters. The second-order valence-electron chi connectivity index (χ2n) is 4.28. The van der Waals surface area contributed by atoms with Crippen LogP contribution in [0.3, 0.4) is 0 Å². The zero-order valence-electron chi connectivity index (χ0n) is 9.56. The lowest BCUT2D eigenvalue weighted by molar-refractivity contribution is -0.132. The largest absolute Gasteiger partial charge is 0.337 e. The van der Waals surface area contributed by atoms with Crippen molar-refractivity contribution in [1.82, 2.24) is 20.1 Å². The Balaban J connectivity index is 1.99. The maximum atomic E-state index is 12.2. The molecule has 0 radical (unpaired) electrons. The first kappa shape index (κ1) is 11.4. The van der Waals surface area contributed by atoms with E-state index in [1.165, 1.54) is 6.33 Å². The van der Waals surface area contributed by atoms with Gasteiger partial charge in [0, 0.05) is 7.05 Å². The lowest BCUT2D eigenvalue weighted by Gasteiger charge is -2.27. The van der Waals surface area contributed by atoms with Crippen molar-refractivity contribution in [3.05, 3.63) is 12.2 Å². The summed E-state index contributed by atoms with van der Waals surface area (Å²) < 4.78 is -0.241. The Morgan fingerprint density at radius 3 is 3.12 bits per heavy atom. The number of amides is 1. The molecule has 1 amide bonds. The fourth-order valence-corrected chi connectivity index (χ4v) is 3.26. The summed E-state index contributed by atoms with van der Waals surface area (Å²) in [4.78, 5) is 18.0. The van der Waals surface area contributed by atoms with Gasteiger partial charge in [-0.3, -0.25) is 9.89 Å². The number of nitrogens with zero attached hydrogens (tertiary/aromatic N) is 3. The zero-order valence-corrected chi connectivity index (χ0v) is 10.4. The van der Waals surface area contributed by atoms with Crippen molar-refractivity contribution in [3.8, 4) is 0 Å². The summed E-state index contributed by atoms with van der Waals surface area (Å²) >= 11 is 1.76. The van der Waals surface area contributed by atoms with E-state index in [-0.39, 0.29) is 10.7 Å². The molecule has 1 fully saturated rings. The van der Waals surface area contributed by atoms with Crippen LogP contribution < -0.4 is 0 Å². The minimum absolute atomic E-state index is 0.186. The number of hydrogen-bond acceptors (Lipinski definition) is 4. The monoisotopic (exact) mass is 240 g/mol. The van der Waals surface area contributed by atoms with E-state index in [4.69, 9.17) is 0 Å². The van der Waals surface area contributed by atoms with Crippen molar-refractivity contribution in [2.24, 2.45) is 0 Å². The fourth-order valence-electron chi connectivity index (χ4n) is 1.95. The predicted octanol–water partition coefficient (Wildman–Crippen LogP) is 1.05. The summed E-state index contributed by atoms with van der Waals surface area (Å²) in [6.07, 6.45) is 3.56. The zero-order chi connectivity index (χ0) is 11.6. The molecule has 1 N–H and O–H groups in total. The fraction of sp³-hybridized carbons (Fsp3) is 0.700. The minimum atomic E-state index is -0.241. The van der Waals surface area contributed by atoms with E-state index in [0.29, 0.717) is 6.54 Å². The molecule has 0 spiro atoms. The molecule has 2 rings (SSSR count). The van der Waals surface area contributed by atoms with Crippen molar-refractivity contribution in [2.75, 3.05) is 12.8 Å². The van der Waals surface area contributed by atoms with Crippen LogP contribution in [0, 0.1) is 0 Å². The summed E-state index contributed by atoms with van der Waals surface area (Å²) in [6, 6.07) is 0. The summed E-state index contributed by atoms with van der Waals surface area (Å²) in [6.45, 7) is 2.53. The molecule has 0 saturated carbocycles. The number of hydrogen-bond donors (Lipinski definition) is 1. The smallest absolute Gasteiger partial charge is 0.238 e. The number of carbonyl (C=O) groups is 1. The quantitative estimate of drug-likeness (QED) is 0.857. The molecule has 2 heterocycles. The molecule has 1 aliphatic rings. The molecule has 1 aliphatic heterocycles. The minimum Gasteiger partial charge on any atom is -0.337 e. The lowest BCUT2D eigenvalue weighted by Crippen LogP contribution is -2.41. The van der Waals surface area contributed by atoms with Gasteiger partial charge in [0.1, 0.15) is 12.2 Å². The first-order valence-corrected chi connectivity index (χ1v) is 6.34. The molecule has 5 nitrogen and oxygen atoms in total. The maximum absolute atomic E-state index is 12.2. The van der Waals surface area contributed by atoms with Crippen LogP contribution in [-0.4, -0.2) is 43.5 Å². The Kier molecular flexibility index (Phi) is 3.18. The van der Waals surface area contributed by atoms with Crippen LogP contribution in [0.4, 0.5) is 0 Å². The van der Waals surface area contributed by atoms with Gasteiger partial charge in [-0.15, -0.1) is 11.8 Å². The highest BCUT2D eigenvalue weighted by Crippen LogP contribution is 2.39. The van der Waals surface area contributed by atoms with Gasteiger partial charge >= 0.3 is 0 Å². The van der Waals surface area contributed by atoms with Gasteiger partial charge in [-0.2, -0.15) is 5.10 Å². The molecule has 0 aliphatic carbocycles. The van der Waals surface area contributed by atoms with Crippen LogP contribution in [0.25, 0.3) is 0 Å². The predicted molar refractivity (Wildman–Crippen MR) is 63.0 cm³/mol. The number of aromatic amines is 1. The first-order chi connectivity index (χ1) is 7.62. The Morgan fingerprint density at radius 2 is 2.56 bits per heavy atom. The van der Waals surface area contributed by atoms with E-state index >= 15 is 0 Å². The van der Waals surface area contributed by atoms with Gasteiger partial charge in [0.05, 0.1) is 11.3 Å².